The zero-order valence-electron chi connectivity index (χ0n) is 16.8. The van der Waals surface area contributed by atoms with Crippen LogP contribution in [0.2, 0.25) is 0 Å². The molecule has 1 saturated carbocycles. The summed E-state index contributed by atoms with van der Waals surface area (Å²) in [6.07, 6.45) is 5.08. The van der Waals surface area contributed by atoms with Gasteiger partial charge in [-0.05, 0) is 80.2 Å². The van der Waals surface area contributed by atoms with Crippen LogP contribution >= 0.6 is 0 Å². The highest BCUT2D eigenvalue weighted by Gasteiger charge is 2.60. The number of hydrogen-bond donors (Lipinski definition) is 0. The van der Waals surface area contributed by atoms with Crippen molar-refractivity contribution in [3.8, 4) is 0 Å². The molecule has 144 valence electrons. The van der Waals surface area contributed by atoms with Gasteiger partial charge in [0.05, 0.1) is 18.8 Å². The molecule has 1 fully saturated rings. The summed E-state index contributed by atoms with van der Waals surface area (Å²) in [5.41, 5.74) is 3.70. The van der Waals surface area contributed by atoms with E-state index in [0.29, 0.717) is 6.42 Å². The number of ether oxygens (including phenoxy) is 1. The van der Waals surface area contributed by atoms with Gasteiger partial charge in [0, 0.05) is 11.3 Å². The summed E-state index contributed by atoms with van der Waals surface area (Å²) in [5, 5.41) is 1.12. The van der Waals surface area contributed by atoms with Crippen LogP contribution in [0.15, 0.2) is 22.8 Å². The number of rotatable bonds is 2. The Kier molecular flexibility index (Phi) is 4.03. The Balaban J connectivity index is 2.00. The number of benzene rings is 1. The Hall–Kier alpha value is -2.10. The summed E-state index contributed by atoms with van der Waals surface area (Å²) in [5.74, 6) is -0.262. The first-order chi connectivity index (χ1) is 12.7. The van der Waals surface area contributed by atoms with Crippen LogP contribution < -0.4 is 0 Å². The minimum atomic E-state index is -0.651. The van der Waals surface area contributed by atoms with Gasteiger partial charge in [0.1, 0.15) is 11.4 Å². The molecular weight excluding hydrogens is 340 g/mol. The summed E-state index contributed by atoms with van der Waals surface area (Å²) in [7, 11) is 1.45. The normalized spacial score (nSPS) is 32.6. The Bertz CT molecular complexity index is 939. The number of fused-ring (bicyclic) bond motifs is 4. The van der Waals surface area contributed by atoms with Gasteiger partial charge in [0.25, 0.3) is 0 Å². The number of furan rings is 1. The van der Waals surface area contributed by atoms with Gasteiger partial charge in [0.2, 0.25) is 0 Å². The van der Waals surface area contributed by atoms with E-state index in [4.69, 9.17) is 9.15 Å². The zero-order valence-corrected chi connectivity index (χ0v) is 16.8. The molecule has 2 aliphatic rings. The largest absolute Gasteiger partial charge is 0.469 e. The molecule has 2 aliphatic carbocycles. The van der Waals surface area contributed by atoms with Crippen molar-refractivity contribution in [2.45, 2.75) is 58.8 Å². The first-order valence-electron chi connectivity index (χ1n) is 9.83. The lowest BCUT2D eigenvalue weighted by molar-refractivity contribution is -0.165. The summed E-state index contributed by atoms with van der Waals surface area (Å²) < 4.78 is 10.9. The lowest BCUT2D eigenvalue weighted by Crippen LogP contribution is -2.57. The molecule has 0 saturated heterocycles. The SMILES string of the molecule is COC(=O)[C@]1(C)CCC[C@]2(C)c3cc4occc4c(C)c3C[C@@H](C(C)=O)[C@@H]12. The van der Waals surface area contributed by atoms with E-state index in [-0.39, 0.29) is 29.0 Å². The van der Waals surface area contributed by atoms with Crippen LogP contribution in [0.3, 0.4) is 0 Å². The standard InChI is InChI=1S/C23H28O4/c1-13-15-7-10-27-19(15)12-18-16(13)11-17(14(2)24)20-22(18,3)8-6-9-23(20,4)21(25)26-5/h7,10,12,17,20H,6,8-9,11H2,1-5H3/t17-,20+,22+,23+/m0/s1. The quantitative estimate of drug-likeness (QED) is 0.719. The molecule has 4 nitrogen and oxygen atoms in total. The fraction of sp³-hybridized carbons (Fsp3) is 0.565. The van der Waals surface area contributed by atoms with Crippen molar-refractivity contribution >= 4 is 22.7 Å². The number of hydrogen-bond acceptors (Lipinski definition) is 4. The molecule has 27 heavy (non-hydrogen) atoms. The molecule has 0 amide bonds. The molecule has 0 N–H and O–H groups in total. The second-order valence-corrected chi connectivity index (χ2v) is 8.94. The van der Waals surface area contributed by atoms with Crippen LogP contribution in [0.5, 0.6) is 0 Å². The Labute approximate surface area is 160 Å². The fourth-order valence-corrected chi connectivity index (χ4v) is 6.30. The molecule has 0 aliphatic heterocycles. The van der Waals surface area contributed by atoms with E-state index in [9.17, 15) is 9.59 Å². The molecule has 0 radical (unpaired) electrons. The van der Waals surface area contributed by atoms with Gasteiger partial charge in [-0.3, -0.25) is 9.59 Å². The Morgan fingerprint density at radius 3 is 2.67 bits per heavy atom. The van der Waals surface area contributed by atoms with Gasteiger partial charge in [-0.15, -0.1) is 0 Å². The van der Waals surface area contributed by atoms with Gasteiger partial charge in [0.15, 0.2) is 0 Å². The monoisotopic (exact) mass is 368 g/mol. The first-order valence-corrected chi connectivity index (χ1v) is 9.83. The lowest BCUT2D eigenvalue weighted by atomic mass is 9.46. The van der Waals surface area contributed by atoms with Crippen molar-refractivity contribution < 1.29 is 18.7 Å². The third kappa shape index (κ3) is 2.35. The van der Waals surface area contributed by atoms with Crippen LogP contribution in [-0.2, 0) is 26.2 Å². The third-order valence-electron chi connectivity index (χ3n) is 7.53. The number of Topliss-reactive ketones (excluding diaryl/α,β-unsaturated/α-hetero) is 1. The van der Waals surface area contributed by atoms with Gasteiger partial charge < -0.3 is 9.15 Å². The number of carbonyl (C=O) groups is 2. The van der Waals surface area contributed by atoms with E-state index in [1.54, 1.807) is 13.2 Å². The number of carbonyl (C=O) groups excluding carboxylic acids is 2. The zero-order chi connectivity index (χ0) is 19.6. The predicted octanol–water partition coefficient (Wildman–Crippen LogP) is 4.74. The van der Waals surface area contributed by atoms with Gasteiger partial charge in [-0.2, -0.15) is 0 Å². The van der Waals surface area contributed by atoms with Crippen molar-refractivity contribution in [3.63, 3.8) is 0 Å². The lowest BCUT2D eigenvalue weighted by Gasteiger charge is -2.56. The predicted molar refractivity (Wildman–Crippen MR) is 104 cm³/mol. The van der Waals surface area contributed by atoms with Gasteiger partial charge >= 0.3 is 5.97 Å². The molecule has 0 unspecified atom stereocenters. The number of ketones is 1. The van der Waals surface area contributed by atoms with E-state index < -0.39 is 5.41 Å². The van der Waals surface area contributed by atoms with Crippen molar-refractivity contribution in [1.82, 2.24) is 0 Å². The smallest absolute Gasteiger partial charge is 0.311 e. The summed E-state index contributed by atoms with van der Waals surface area (Å²) >= 11 is 0. The number of aryl methyl sites for hydroxylation is 1. The van der Waals surface area contributed by atoms with E-state index in [0.717, 1.165) is 30.2 Å². The van der Waals surface area contributed by atoms with Crippen molar-refractivity contribution in [1.29, 1.82) is 0 Å². The van der Waals surface area contributed by atoms with Crippen molar-refractivity contribution in [2.75, 3.05) is 7.11 Å². The summed E-state index contributed by atoms with van der Waals surface area (Å²) in [6, 6.07) is 4.16. The highest BCUT2D eigenvalue weighted by atomic mass is 16.5. The van der Waals surface area contributed by atoms with Crippen LogP contribution in [0.4, 0.5) is 0 Å². The number of methoxy groups -OCH3 is 1. The van der Waals surface area contributed by atoms with Crippen molar-refractivity contribution in [3.05, 3.63) is 35.1 Å². The van der Waals surface area contributed by atoms with E-state index in [2.05, 4.69) is 19.9 Å². The molecule has 2 aromatic rings. The third-order valence-corrected chi connectivity index (χ3v) is 7.53. The molecule has 4 rings (SSSR count). The van der Waals surface area contributed by atoms with E-state index in [1.807, 2.05) is 13.0 Å². The molecular formula is C23H28O4. The molecule has 4 atom stereocenters. The van der Waals surface area contributed by atoms with Crippen LogP contribution in [0.1, 0.15) is 56.7 Å². The molecule has 1 heterocycles. The highest BCUT2D eigenvalue weighted by molar-refractivity contribution is 5.87. The minimum Gasteiger partial charge on any atom is -0.469 e. The summed E-state index contributed by atoms with van der Waals surface area (Å²) in [4.78, 5) is 25.6. The van der Waals surface area contributed by atoms with E-state index >= 15 is 0 Å². The fourth-order valence-electron chi connectivity index (χ4n) is 6.30. The molecule has 0 bridgehead atoms. The maximum atomic E-state index is 12.9. The topological polar surface area (TPSA) is 56.5 Å². The van der Waals surface area contributed by atoms with Crippen molar-refractivity contribution in [2.24, 2.45) is 17.3 Å². The second-order valence-electron chi connectivity index (χ2n) is 8.94. The first kappa shape index (κ1) is 18.3. The maximum Gasteiger partial charge on any atom is 0.311 e. The maximum absolute atomic E-state index is 12.9. The minimum absolute atomic E-state index is 0.0667. The van der Waals surface area contributed by atoms with Gasteiger partial charge in [-0.1, -0.05) is 13.3 Å². The highest BCUT2D eigenvalue weighted by Crippen LogP contribution is 2.60. The van der Waals surface area contributed by atoms with Crippen LogP contribution in [0, 0.1) is 24.2 Å². The van der Waals surface area contributed by atoms with Gasteiger partial charge in [-0.25, -0.2) is 0 Å². The molecule has 0 spiro atoms. The Morgan fingerprint density at radius 2 is 2.00 bits per heavy atom. The molecule has 1 aromatic carbocycles. The Morgan fingerprint density at radius 1 is 1.26 bits per heavy atom. The average molecular weight is 368 g/mol. The van der Waals surface area contributed by atoms with Crippen LogP contribution in [-0.4, -0.2) is 18.9 Å². The number of esters is 1. The molecule has 4 heteroatoms. The molecule has 1 aromatic heterocycles. The average Bonchev–Trinajstić information content (AvgIpc) is 3.10. The van der Waals surface area contributed by atoms with Crippen LogP contribution in [0.25, 0.3) is 11.0 Å². The second kappa shape index (κ2) is 5.95. The van der Waals surface area contributed by atoms with E-state index in [1.165, 1.54) is 23.8 Å². The summed E-state index contributed by atoms with van der Waals surface area (Å²) in [6.45, 7) is 8.04.